The molecule has 1 unspecified atom stereocenters. The van der Waals surface area contributed by atoms with E-state index in [0.717, 1.165) is 53.9 Å². The van der Waals surface area contributed by atoms with Gasteiger partial charge >= 0.3 is 0 Å². The third-order valence-electron chi connectivity index (χ3n) is 6.00. The van der Waals surface area contributed by atoms with E-state index in [-0.39, 0.29) is 11.9 Å². The summed E-state index contributed by atoms with van der Waals surface area (Å²) in [6.45, 7) is 2.87. The van der Waals surface area contributed by atoms with Gasteiger partial charge in [-0.2, -0.15) is 0 Å². The van der Waals surface area contributed by atoms with Crippen molar-refractivity contribution in [2.75, 3.05) is 26.7 Å². The van der Waals surface area contributed by atoms with Crippen molar-refractivity contribution in [2.24, 2.45) is 0 Å². The van der Waals surface area contributed by atoms with Crippen LogP contribution in [0.25, 0.3) is 10.2 Å². The molecule has 0 bridgehead atoms. The van der Waals surface area contributed by atoms with Gasteiger partial charge in [-0.15, -0.1) is 11.3 Å². The zero-order valence-electron chi connectivity index (χ0n) is 16.6. The van der Waals surface area contributed by atoms with E-state index < -0.39 is 0 Å². The van der Waals surface area contributed by atoms with Gasteiger partial charge in [-0.1, -0.05) is 18.2 Å². The Hall–Kier alpha value is -2.44. The van der Waals surface area contributed by atoms with E-state index in [9.17, 15) is 4.79 Å². The van der Waals surface area contributed by atoms with Crippen molar-refractivity contribution >= 4 is 27.5 Å². The molecule has 1 saturated heterocycles. The molecule has 1 amide bonds. The smallest absolute Gasteiger partial charge is 0.251 e. The summed E-state index contributed by atoms with van der Waals surface area (Å²) in [5.41, 5.74) is 2.74. The molecule has 0 aliphatic carbocycles. The largest absolute Gasteiger partial charge is 0.493 e. The van der Waals surface area contributed by atoms with Crippen LogP contribution in [0.2, 0.25) is 0 Å². The summed E-state index contributed by atoms with van der Waals surface area (Å²) in [4.78, 5) is 20.2. The molecule has 2 aromatic carbocycles. The third-order valence-corrected chi connectivity index (χ3v) is 7.18. The minimum absolute atomic E-state index is 0.0144. The highest BCUT2D eigenvalue weighted by molar-refractivity contribution is 7.18. The van der Waals surface area contributed by atoms with E-state index >= 15 is 0 Å². The van der Waals surface area contributed by atoms with Gasteiger partial charge < -0.3 is 15.0 Å². The van der Waals surface area contributed by atoms with Gasteiger partial charge in [0, 0.05) is 23.5 Å². The second-order valence-electron chi connectivity index (χ2n) is 8.01. The van der Waals surface area contributed by atoms with Crippen LogP contribution in [0.5, 0.6) is 5.75 Å². The maximum atomic E-state index is 12.9. The van der Waals surface area contributed by atoms with Crippen molar-refractivity contribution in [1.29, 1.82) is 0 Å². The van der Waals surface area contributed by atoms with Crippen molar-refractivity contribution in [1.82, 2.24) is 15.2 Å². The number of fused-ring (bicyclic) bond motifs is 2. The number of carbonyl (C=O) groups excluding carboxylic acids is 1. The van der Waals surface area contributed by atoms with Crippen LogP contribution in [0.15, 0.2) is 42.5 Å². The molecule has 3 heterocycles. The number of carbonyl (C=O) groups is 1. The molecule has 1 aromatic heterocycles. The molecule has 0 radical (unpaired) electrons. The van der Waals surface area contributed by atoms with Gasteiger partial charge in [0.2, 0.25) is 0 Å². The van der Waals surface area contributed by atoms with Crippen LogP contribution in [-0.4, -0.2) is 42.5 Å². The Morgan fingerprint density at radius 1 is 1.17 bits per heavy atom. The minimum Gasteiger partial charge on any atom is -0.493 e. The lowest BCUT2D eigenvalue weighted by molar-refractivity contribution is 0.0925. The standard InChI is InChI=1S/C23H25N3O2S/c1-26-11-8-15(9-12-26)23-25-19-7-6-16(14-21(19)29-23)22(27)24-18-10-13-28-20-5-3-2-4-17(18)20/h2-7,14-15,18H,8-13H2,1H3,(H,24,27). The fourth-order valence-corrected chi connectivity index (χ4v) is 5.42. The Morgan fingerprint density at radius 3 is 2.86 bits per heavy atom. The third kappa shape index (κ3) is 3.74. The topological polar surface area (TPSA) is 54.5 Å². The molecule has 29 heavy (non-hydrogen) atoms. The van der Waals surface area contributed by atoms with Crippen molar-refractivity contribution in [2.45, 2.75) is 31.2 Å². The van der Waals surface area contributed by atoms with Crippen LogP contribution in [0.4, 0.5) is 0 Å². The van der Waals surface area contributed by atoms with Gasteiger partial charge in [0.15, 0.2) is 0 Å². The first kappa shape index (κ1) is 18.6. The van der Waals surface area contributed by atoms with E-state index in [2.05, 4.69) is 17.3 Å². The number of benzene rings is 2. The number of ether oxygens (including phenoxy) is 1. The Bertz CT molecular complexity index is 1040. The summed E-state index contributed by atoms with van der Waals surface area (Å²) in [5, 5.41) is 4.40. The highest BCUT2D eigenvalue weighted by Crippen LogP contribution is 2.35. The molecule has 0 saturated carbocycles. The van der Waals surface area contributed by atoms with Gasteiger partial charge in [0.1, 0.15) is 5.75 Å². The van der Waals surface area contributed by atoms with Crippen LogP contribution in [0.3, 0.4) is 0 Å². The number of likely N-dealkylation sites (tertiary alicyclic amines) is 1. The monoisotopic (exact) mass is 407 g/mol. The normalized spacial score (nSPS) is 20.2. The van der Waals surface area contributed by atoms with E-state index in [1.807, 2.05) is 42.5 Å². The number of piperidine rings is 1. The Labute approximate surface area is 174 Å². The molecule has 5 nitrogen and oxygen atoms in total. The maximum absolute atomic E-state index is 12.9. The number of para-hydroxylation sites is 1. The van der Waals surface area contributed by atoms with Crippen LogP contribution >= 0.6 is 11.3 Å². The van der Waals surface area contributed by atoms with E-state index in [1.165, 1.54) is 5.01 Å². The number of hydrogen-bond donors (Lipinski definition) is 1. The molecule has 1 atom stereocenters. The predicted molar refractivity (Wildman–Crippen MR) is 116 cm³/mol. The number of thiazole rings is 1. The van der Waals surface area contributed by atoms with Gasteiger partial charge in [-0.25, -0.2) is 4.98 Å². The van der Waals surface area contributed by atoms with Crippen molar-refractivity contribution in [3.63, 3.8) is 0 Å². The molecule has 2 aliphatic heterocycles. The molecular weight excluding hydrogens is 382 g/mol. The predicted octanol–water partition coefficient (Wildman–Crippen LogP) is 4.36. The van der Waals surface area contributed by atoms with Crippen molar-refractivity contribution in [3.8, 4) is 5.75 Å². The fraction of sp³-hybridized carbons (Fsp3) is 0.391. The first-order valence-electron chi connectivity index (χ1n) is 10.3. The lowest BCUT2D eigenvalue weighted by Gasteiger charge is -2.27. The Balaban J connectivity index is 1.35. The van der Waals surface area contributed by atoms with Gasteiger partial charge in [-0.05, 0) is 57.2 Å². The highest BCUT2D eigenvalue weighted by atomic mass is 32.1. The number of rotatable bonds is 3. The summed E-state index contributed by atoms with van der Waals surface area (Å²) >= 11 is 1.74. The molecule has 150 valence electrons. The quantitative estimate of drug-likeness (QED) is 0.701. The van der Waals surface area contributed by atoms with E-state index in [4.69, 9.17) is 9.72 Å². The average Bonchev–Trinajstić information content (AvgIpc) is 3.18. The van der Waals surface area contributed by atoms with Gasteiger partial charge in [-0.3, -0.25) is 4.79 Å². The van der Waals surface area contributed by atoms with Crippen molar-refractivity contribution in [3.05, 3.63) is 58.6 Å². The first-order valence-corrected chi connectivity index (χ1v) is 11.1. The number of nitrogens with one attached hydrogen (secondary N) is 1. The number of hydrogen-bond acceptors (Lipinski definition) is 5. The summed E-state index contributed by atoms with van der Waals surface area (Å²) < 4.78 is 6.80. The number of aromatic nitrogens is 1. The summed E-state index contributed by atoms with van der Waals surface area (Å²) in [5.74, 6) is 1.37. The maximum Gasteiger partial charge on any atom is 0.251 e. The second-order valence-corrected chi connectivity index (χ2v) is 9.08. The first-order chi connectivity index (χ1) is 14.2. The van der Waals surface area contributed by atoms with Crippen molar-refractivity contribution < 1.29 is 9.53 Å². The molecule has 6 heteroatoms. The summed E-state index contributed by atoms with van der Waals surface area (Å²) in [6, 6.07) is 13.8. The van der Waals surface area contributed by atoms with E-state index in [0.29, 0.717) is 18.1 Å². The van der Waals surface area contributed by atoms with Crippen LogP contribution in [0.1, 0.15) is 52.2 Å². The number of nitrogens with zero attached hydrogens (tertiary/aromatic N) is 2. The molecule has 3 aromatic rings. The van der Waals surface area contributed by atoms with Crippen LogP contribution in [0, 0.1) is 0 Å². The molecule has 0 spiro atoms. The SMILES string of the molecule is CN1CCC(c2nc3ccc(C(=O)NC4CCOc5ccccc54)cc3s2)CC1. The van der Waals surface area contributed by atoms with Gasteiger partial charge in [0.25, 0.3) is 5.91 Å². The lowest BCUT2D eigenvalue weighted by Crippen LogP contribution is -2.32. The van der Waals surface area contributed by atoms with E-state index in [1.54, 1.807) is 11.3 Å². The van der Waals surface area contributed by atoms with Crippen LogP contribution in [-0.2, 0) is 0 Å². The Kier molecular flexibility index (Phi) is 4.97. The average molecular weight is 408 g/mol. The van der Waals surface area contributed by atoms with Gasteiger partial charge in [0.05, 0.1) is 27.9 Å². The zero-order chi connectivity index (χ0) is 19.8. The number of amides is 1. The zero-order valence-corrected chi connectivity index (χ0v) is 17.4. The molecule has 5 rings (SSSR count). The summed E-state index contributed by atoms with van der Waals surface area (Å²) in [7, 11) is 2.18. The second kappa shape index (κ2) is 7.76. The molecular formula is C23H25N3O2S. The van der Waals surface area contributed by atoms with Crippen LogP contribution < -0.4 is 10.1 Å². The molecule has 2 aliphatic rings. The summed E-state index contributed by atoms with van der Waals surface area (Å²) in [6.07, 6.45) is 3.10. The highest BCUT2D eigenvalue weighted by Gasteiger charge is 2.24. The lowest BCUT2D eigenvalue weighted by atomic mass is 9.98. The molecule has 1 fully saturated rings. The minimum atomic E-state index is -0.0390. The fourth-order valence-electron chi connectivity index (χ4n) is 4.25. The molecule has 1 N–H and O–H groups in total. The Morgan fingerprint density at radius 2 is 2.00 bits per heavy atom.